The summed E-state index contributed by atoms with van der Waals surface area (Å²) in [4.78, 5) is 29.1. The number of nitrogens with zero attached hydrogens (tertiary/aromatic N) is 2. The fraction of sp³-hybridized carbons (Fsp3) is 0.882. The van der Waals surface area contributed by atoms with E-state index in [1.54, 1.807) is 0 Å². The first-order valence-corrected chi connectivity index (χ1v) is 9.08. The molecular weight excluding hydrogens is 294 g/mol. The second-order valence-electron chi connectivity index (χ2n) is 7.29. The third-order valence-electron chi connectivity index (χ3n) is 5.74. The molecule has 0 saturated carbocycles. The van der Waals surface area contributed by atoms with Gasteiger partial charge in [-0.3, -0.25) is 9.59 Å². The predicted molar refractivity (Wildman–Crippen MR) is 86.8 cm³/mol. The minimum Gasteiger partial charge on any atom is -0.392 e. The van der Waals surface area contributed by atoms with Gasteiger partial charge in [-0.05, 0) is 58.2 Å². The Labute approximate surface area is 138 Å². The molecule has 0 aromatic rings. The number of nitrogens with one attached hydrogen (secondary N) is 1. The SMILES string of the molecule is O=C(CCCN1CCCC1)N1CC[C@@H](O)[C@@]2(CCCNC2=O)C1. The molecule has 0 radical (unpaired) electrons. The minimum absolute atomic E-state index is 0.0779. The monoisotopic (exact) mass is 323 g/mol. The molecule has 3 heterocycles. The number of rotatable bonds is 4. The van der Waals surface area contributed by atoms with Gasteiger partial charge in [0.25, 0.3) is 0 Å². The van der Waals surface area contributed by atoms with Crippen molar-refractivity contribution in [2.24, 2.45) is 5.41 Å². The van der Waals surface area contributed by atoms with Crippen molar-refractivity contribution in [3.8, 4) is 0 Å². The van der Waals surface area contributed by atoms with Crippen molar-refractivity contribution in [3.05, 3.63) is 0 Å². The highest BCUT2D eigenvalue weighted by molar-refractivity contribution is 5.86. The summed E-state index contributed by atoms with van der Waals surface area (Å²) in [7, 11) is 0. The fourth-order valence-electron chi connectivity index (χ4n) is 4.27. The normalized spacial score (nSPS) is 32.3. The number of carbonyl (C=O) groups excluding carboxylic acids is 2. The summed E-state index contributed by atoms with van der Waals surface area (Å²) in [5.74, 6) is 0.0552. The van der Waals surface area contributed by atoms with Crippen LogP contribution in [0.5, 0.6) is 0 Å². The van der Waals surface area contributed by atoms with E-state index < -0.39 is 11.5 Å². The number of hydrogen-bond donors (Lipinski definition) is 2. The van der Waals surface area contributed by atoms with Crippen LogP contribution in [-0.4, -0.2) is 72.1 Å². The molecule has 0 aromatic heterocycles. The van der Waals surface area contributed by atoms with Crippen LogP contribution in [0.4, 0.5) is 0 Å². The number of carbonyl (C=O) groups is 2. The molecule has 2 amide bonds. The Morgan fingerprint density at radius 1 is 1.26 bits per heavy atom. The predicted octanol–water partition coefficient (Wildman–Crippen LogP) is 0.352. The third kappa shape index (κ3) is 3.53. The van der Waals surface area contributed by atoms with Gasteiger partial charge in [-0.2, -0.15) is 0 Å². The van der Waals surface area contributed by atoms with Crippen LogP contribution in [0, 0.1) is 5.41 Å². The summed E-state index contributed by atoms with van der Waals surface area (Å²) in [6.07, 6.45) is 5.41. The van der Waals surface area contributed by atoms with Crippen molar-refractivity contribution < 1.29 is 14.7 Å². The summed E-state index contributed by atoms with van der Waals surface area (Å²) < 4.78 is 0. The van der Waals surface area contributed by atoms with Crippen molar-refractivity contribution in [1.82, 2.24) is 15.1 Å². The van der Waals surface area contributed by atoms with Crippen LogP contribution in [0.25, 0.3) is 0 Å². The number of hydrogen-bond acceptors (Lipinski definition) is 4. The van der Waals surface area contributed by atoms with Crippen molar-refractivity contribution in [2.75, 3.05) is 39.3 Å². The summed E-state index contributed by atoms with van der Waals surface area (Å²) in [5, 5.41) is 13.2. The minimum atomic E-state index is -0.777. The maximum Gasteiger partial charge on any atom is 0.230 e. The second-order valence-corrected chi connectivity index (χ2v) is 7.29. The van der Waals surface area contributed by atoms with Gasteiger partial charge in [0.2, 0.25) is 11.8 Å². The van der Waals surface area contributed by atoms with Crippen LogP contribution in [0.2, 0.25) is 0 Å². The molecule has 6 nitrogen and oxygen atoms in total. The van der Waals surface area contributed by atoms with Gasteiger partial charge in [-0.1, -0.05) is 0 Å². The van der Waals surface area contributed by atoms with E-state index in [1.807, 2.05) is 4.90 Å². The summed E-state index contributed by atoms with van der Waals surface area (Å²) in [6.45, 7) is 4.94. The average molecular weight is 323 g/mol. The molecule has 23 heavy (non-hydrogen) atoms. The lowest BCUT2D eigenvalue weighted by molar-refractivity contribution is -0.154. The van der Waals surface area contributed by atoms with Crippen LogP contribution >= 0.6 is 0 Å². The van der Waals surface area contributed by atoms with Crippen molar-refractivity contribution in [3.63, 3.8) is 0 Å². The molecule has 3 aliphatic heterocycles. The number of likely N-dealkylation sites (tertiary alicyclic amines) is 2. The van der Waals surface area contributed by atoms with E-state index in [-0.39, 0.29) is 11.8 Å². The molecule has 0 aromatic carbocycles. The Kier molecular flexibility index (Phi) is 5.21. The van der Waals surface area contributed by atoms with Crippen LogP contribution in [0.1, 0.15) is 44.9 Å². The van der Waals surface area contributed by atoms with Gasteiger partial charge < -0.3 is 20.2 Å². The molecule has 2 atom stereocenters. The Hall–Kier alpha value is -1.14. The fourth-order valence-corrected chi connectivity index (χ4v) is 4.27. The topological polar surface area (TPSA) is 72.9 Å². The van der Waals surface area contributed by atoms with E-state index in [4.69, 9.17) is 0 Å². The van der Waals surface area contributed by atoms with Gasteiger partial charge in [0, 0.05) is 26.1 Å². The van der Waals surface area contributed by atoms with Crippen LogP contribution in [-0.2, 0) is 9.59 Å². The maximum atomic E-state index is 12.5. The molecule has 2 N–H and O–H groups in total. The molecule has 1 spiro atoms. The Balaban J connectivity index is 1.53. The molecule has 0 unspecified atom stereocenters. The lowest BCUT2D eigenvalue weighted by atomic mass is 9.71. The van der Waals surface area contributed by atoms with Crippen molar-refractivity contribution in [2.45, 2.75) is 51.0 Å². The van der Waals surface area contributed by atoms with Crippen molar-refractivity contribution >= 4 is 11.8 Å². The summed E-state index contributed by atoms with van der Waals surface area (Å²) in [6, 6.07) is 0. The number of aliphatic hydroxyl groups excluding tert-OH is 1. The molecule has 3 aliphatic rings. The zero-order valence-corrected chi connectivity index (χ0v) is 13.9. The van der Waals surface area contributed by atoms with E-state index in [0.29, 0.717) is 38.9 Å². The molecule has 0 aliphatic carbocycles. The highest BCUT2D eigenvalue weighted by atomic mass is 16.3. The van der Waals surface area contributed by atoms with Crippen molar-refractivity contribution in [1.29, 1.82) is 0 Å². The molecule has 3 saturated heterocycles. The third-order valence-corrected chi connectivity index (χ3v) is 5.74. The first kappa shape index (κ1) is 16.7. The Morgan fingerprint density at radius 2 is 2.04 bits per heavy atom. The van der Waals surface area contributed by atoms with E-state index in [0.717, 1.165) is 32.5 Å². The van der Waals surface area contributed by atoms with E-state index >= 15 is 0 Å². The average Bonchev–Trinajstić information content (AvgIpc) is 3.06. The molecule has 130 valence electrons. The van der Waals surface area contributed by atoms with Gasteiger partial charge in [-0.15, -0.1) is 0 Å². The van der Waals surface area contributed by atoms with Gasteiger partial charge in [0.15, 0.2) is 0 Å². The van der Waals surface area contributed by atoms with Gasteiger partial charge in [0.05, 0.1) is 11.5 Å². The number of amides is 2. The lowest BCUT2D eigenvalue weighted by Gasteiger charge is -2.46. The second kappa shape index (κ2) is 7.18. The maximum absolute atomic E-state index is 12.5. The quantitative estimate of drug-likeness (QED) is 0.783. The zero-order valence-electron chi connectivity index (χ0n) is 13.9. The summed E-state index contributed by atoms with van der Waals surface area (Å²) in [5.41, 5.74) is -0.777. The molecule has 3 rings (SSSR count). The van der Waals surface area contributed by atoms with E-state index in [9.17, 15) is 14.7 Å². The summed E-state index contributed by atoms with van der Waals surface area (Å²) >= 11 is 0. The van der Waals surface area contributed by atoms with Gasteiger partial charge in [0.1, 0.15) is 0 Å². The smallest absolute Gasteiger partial charge is 0.230 e. The number of aliphatic hydroxyl groups is 1. The molecule has 3 fully saturated rings. The van der Waals surface area contributed by atoms with E-state index in [2.05, 4.69) is 10.2 Å². The van der Waals surface area contributed by atoms with Gasteiger partial charge >= 0.3 is 0 Å². The van der Waals surface area contributed by atoms with Gasteiger partial charge in [-0.25, -0.2) is 0 Å². The lowest BCUT2D eigenvalue weighted by Crippen LogP contribution is -2.62. The Morgan fingerprint density at radius 3 is 2.78 bits per heavy atom. The largest absolute Gasteiger partial charge is 0.392 e. The highest BCUT2D eigenvalue weighted by Crippen LogP contribution is 2.37. The molecular formula is C17H29N3O3. The molecule has 0 bridgehead atoms. The molecule has 6 heteroatoms. The first-order chi connectivity index (χ1) is 11.1. The van der Waals surface area contributed by atoms with Crippen LogP contribution in [0.15, 0.2) is 0 Å². The first-order valence-electron chi connectivity index (χ1n) is 9.08. The van der Waals surface area contributed by atoms with Crippen LogP contribution in [0.3, 0.4) is 0 Å². The zero-order chi connectivity index (χ0) is 16.3. The standard InChI is InChI=1S/C17H29N3O3/c21-14-6-12-20(13-17(14)7-4-8-18-16(17)23)15(22)5-3-11-19-9-1-2-10-19/h14,21H,1-13H2,(H,18,23)/t14-,17-/m1/s1. The highest BCUT2D eigenvalue weighted by Gasteiger charge is 2.50. The Bertz CT molecular complexity index is 450. The number of piperidine rings is 2. The van der Waals surface area contributed by atoms with E-state index in [1.165, 1.54) is 12.8 Å². The van der Waals surface area contributed by atoms with Crippen LogP contribution < -0.4 is 5.32 Å².